The fourth-order valence-electron chi connectivity index (χ4n) is 3.77. The molecule has 10 heteroatoms. The van der Waals surface area contributed by atoms with Crippen molar-refractivity contribution in [3.05, 3.63) is 65.2 Å². The Morgan fingerprint density at radius 1 is 1.12 bits per heavy atom. The Labute approximate surface area is 197 Å². The average molecular weight is 469 g/mol. The fourth-order valence-corrected chi connectivity index (χ4v) is 3.77. The predicted octanol–water partition coefficient (Wildman–Crippen LogP) is 1.12. The third-order valence-corrected chi connectivity index (χ3v) is 5.57. The van der Waals surface area contributed by atoms with E-state index < -0.39 is 17.9 Å². The number of piperidine rings is 1. The lowest BCUT2D eigenvalue weighted by Gasteiger charge is -2.34. The highest BCUT2D eigenvalue weighted by Gasteiger charge is 2.30. The molecule has 0 spiro atoms. The molecule has 0 saturated carbocycles. The van der Waals surface area contributed by atoms with E-state index in [0.717, 1.165) is 11.1 Å². The fraction of sp³-hybridized carbons (Fsp3) is 0.333. The lowest BCUT2D eigenvalue weighted by atomic mass is 10.0. The number of hydrogen-bond acceptors (Lipinski definition) is 7. The minimum atomic E-state index is -1.03. The van der Waals surface area contributed by atoms with Gasteiger partial charge in [-0.05, 0) is 48.2 Å². The van der Waals surface area contributed by atoms with Crippen LogP contribution in [0.1, 0.15) is 34.3 Å². The minimum Gasteiger partial charge on any atom is -0.508 e. The van der Waals surface area contributed by atoms with Gasteiger partial charge in [-0.1, -0.05) is 24.3 Å². The topological polar surface area (TPSA) is 155 Å². The first kappa shape index (κ1) is 24.7. The van der Waals surface area contributed by atoms with Crippen molar-refractivity contribution in [3.8, 4) is 5.75 Å². The van der Waals surface area contributed by atoms with Crippen LogP contribution in [-0.2, 0) is 20.7 Å². The number of aromatic hydroxyl groups is 1. The number of nitrogens with two attached hydrogens (primary N) is 1. The van der Waals surface area contributed by atoms with Crippen molar-refractivity contribution >= 4 is 24.0 Å². The number of nitrogens with zero attached hydrogens (tertiary/aromatic N) is 2. The number of phenolic OH excluding ortho intramolecular Hbond substituents is 1. The Bertz CT molecular complexity index is 1010. The number of rotatable bonds is 9. The number of carboxylic acid groups (broad SMARTS) is 1. The highest BCUT2D eigenvalue weighted by molar-refractivity contribution is 5.98. The Kier molecular flexibility index (Phi) is 8.58. The summed E-state index contributed by atoms with van der Waals surface area (Å²) in [5.41, 5.74) is 1.91. The van der Waals surface area contributed by atoms with Crippen molar-refractivity contribution in [2.75, 3.05) is 19.7 Å². The number of amides is 2. The number of ether oxygens (including phenoxy) is 1. The Morgan fingerprint density at radius 3 is 2.35 bits per heavy atom. The standard InChI is InChI=1S/C24H28N4O6/c25-26-14-17-1-5-18(6-2-17)23(32)27-21(13-16-3-7-19(29)8-4-16)24(33)28-11-9-20(10-12-28)34-15-22(30)31/h1-8,14,20-21,29H,9-13,15,25H2,(H,27,32)(H,30,31). The number of carboxylic acids is 1. The highest BCUT2D eigenvalue weighted by Crippen LogP contribution is 2.17. The summed E-state index contributed by atoms with van der Waals surface area (Å²) in [6, 6.07) is 12.3. The number of hydrogen-bond donors (Lipinski definition) is 4. The van der Waals surface area contributed by atoms with Gasteiger partial charge in [0.1, 0.15) is 18.4 Å². The van der Waals surface area contributed by atoms with E-state index in [2.05, 4.69) is 10.4 Å². The van der Waals surface area contributed by atoms with Crippen LogP contribution in [0.4, 0.5) is 0 Å². The van der Waals surface area contributed by atoms with Crippen LogP contribution in [0, 0.1) is 0 Å². The molecular formula is C24H28N4O6. The number of phenols is 1. The molecule has 5 N–H and O–H groups in total. The molecule has 0 aliphatic carbocycles. The molecule has 34 heavy (non-hydrogen) atoms. The van der Waals surface area contributed by atoms with E-state index in [4.69, 9.17) is 15.7 Å². The molecule has 2 amide bonds. The van der Waals surface area contributed by atoms with Gasteiger partial charge in [-0.15, -0.1) is 0 Å². The molecule has 0 bridgehead atoms. The van der Waals surface area contributed by atoms with E-state index in [0.29, 0.717) is 31.5 Å². The molecule has 1 aliphatic rings. The molecule has 1 heterocycles. The molecule has 10 nitrogen and oxygen atoms in total. The van der Waals surface area contributed by atoms with Gasteiger partial charge < -0.3 is 31.0 Å². The minimum absolute atomic E-state index is 0.111. The van der Waals surface area contributed by atoms with Crippen LogP contribution < -0.4 is 11.2 Å². The molecule has 0 aromatic heterocycles. The van der Waals surface area contributed by atoms with Crippen LogP contribution in [0.3, 0.4) is 0 Å². The second-order valence-electron chi connectivity index (χ2n) is 8.03. The summed E-state index contributed by atoms with van der Waals surface area (Å²) < 4.78 is 5.34. The molecule has 1 atom stereocenters. The van der Waals surface area contributed by atoms with E-state index in [9.17, 15) is 19.5 Å². The van der Waals surface area contributed by atoms with Crippen LogP contribution in [-0.4, -0.2) is 71.0 Å². The first-order valence-corrected chi connectivity index (χ1v) is 10.9. The summed E-state index contributed by atoms with van der Waals surface area (Å²) in [7, 11) is 0. The molecular weight excluding hydrogens is 440 g/mol. The normalized spacial score (nSPS) is 15.2. The van der Waals surface area contributed by atoms with Gasteiger partial charge in [0.2, 0.25) is 5.91 Å². The van der Waals surface area contributed by atoms with Crippen LogP contribution in [0.2, 0.25) is 0 Å². The van der Waals surface area contributed by atoms with Gasteiger partial charge in [0.25, 0.3) is 5.91 Å². The van der Waals surface area contributed by atoms with E-state index in [-0.39, 0.29) is 30.8 Å². The maximum Gasteiger partial charge on any atom is 0.329 e. The number of benzene rings is 2. The highest BCUT2D eigenvalue weighted by atomic mass is 16.5. The van der Waals surface area contributed by atoms with Crippen molar-refractivity contribution in [2.24, 2.45) is 10.9 Å². The third kappa shape index (κ3) is 7.04. The number of nitrogens with one attached hydrogen (secondary N) is 1. The molecule has 1 saturated heterocycles. The summed E-state index contributed by atoms with van der Waals surface area (Å²) in [6.45, 7) is 0.435. The maximum absolute atomic E-state index is 13.3. The van der Waals surface area contributed by atoms with Crippen LogP contribution in [0.5, 0.6) is 5.75 Å². The molecule has 2 aromatic rings. The monoisotopic (exact) mass is 468 g/mol. The number of aliphatic carboxylic acids is 1. The predicted molar refractivity (Wildman–Crippen MR) is 124 cm³/mol. The van der Waals surface area contributed by atoms with Crippen molar-refractivity contribution in [2.45, 2.75) is 31.4 Å². The first-order valence-electron chi connectivity index (χ1n) is 10.9. The van der Waals surface area contributed by atoms with Gasteiger partial charge in [0, 0.05) is 25.1 Å². The van der Waals surface area contributed by atoms with E-state index in [1.54, 1.807) is 41.3 Å². The summed E-state index contributed by atoms with van der Waals surface area (Å²) >= 11 is 0. The third-order valence-electron chi connectivity index (χ3n) is 5.57. The van der Waals surface area contributed by atoms with Crippen molar-refractivity contribution in [3.63, 3.8) is 0 Å². The van der Waals surface area contributed by atoms with E-state index in [1.807, 2.05) is 0 Å². The first-order chi connectivity index (χ1) is 16.4. The molecule has 3 rings (SSSR count). The van der Waals surface area contributed by atoms with Crippen LogP contribution in [0.25, 0.3) is 0 Å². The lowest BCUT2D eigenvalue weighted by molar-refractivity contribution is -0.147. The smallest absolute Gasteiger partial charge is 0.329 e. The zero-order valence-corrected chi connectivity index (χ0v) is 18.6. The molecule has 180 valence electrons. The average Bonchev–Trinajstić information content (AvgIpc) is 2.84. The van der Waals surface area contributed by atoms with Gasteiger partial charge in [-0.2, -0.15) is 5.10 Å². The van der Waals surface area contributed by atoms with Gasteiger partial charge in [0.15, 0.2) is 0 Å². The van der Waals surface area contributed by atoms with Gasteiger partial charge >= 0.3 is 5.97 Å². The zero-order valence-electron chi connectivity index (χ0n) is 18.6. The number of carbonyl (C=O) groups is 3. The molecule has 1 aliphatic heterocycles. The number of hydrazone groups is 1. The zero-order chi connectivity index (χ0) is 24.5. The SMILES string of the molecule is NN=Cc1ccc(C(=O)NC(Cc2ccc(O)cc2)C(=O)N2CCC(OCC(=O)O)CC2)cc1. The Balaban J connectivity index is 1.70. The number of carbonyl (C=O) groups excluding carboxylic acids is 2. The van der Waals surface area contributed by atoms with Gasteiger partial charge in [-0.25, -0.2) is 4.79 Å². The summed E-state index contributed by atoms with van der Waals surface area (Å²) in [6.07, 6.45) is 2.52. The molecule has 2 aromatic carbocycles. The van der Waals surface area contributed by atoms with Crippen molar-refractivity contribution in [1.82, 2.24) is 10.2 Å². The second-order valence-corrected chi connectivity index (χ2v) is 8.03. The quantitative estimate of drug-likeness (QED) is 0.244. The van der Waals surface area contributed by atoms with Crippen molar-refractivity contribution < 1.29 is 29.3 Å². The maximum atomic E-state index is 13.3. The summed E-state index contributed by atoms with van der Waals surface area (Å²) in [4.78, 5) is 38.6. The summed E-state index contributed by atoms with van der Waals surface area (Å²) in [5, 5.41) is 24.6. The Morgan fingerprint density at radius 2 is 1.76 bits per heavy atom. The summed E-state index contributed by atoms with van der Waals surface area (Å²) in [5.74, 6) is 3.60. The van der Waals surface area contributed by atoms with Gasteiger partial charge in [-0.3, -0.25) is 9.59 Å². The largest absolute Gasteiger partial charge is 0.508 e. The number of likely N-dealkylation sites (tertiary alicyclic amines) is 1. The van der Waals surface area contributed by atoms with Crippen LogP contribution in [0.15, 0.2) is 53.6 Å². The molecule has 1 fully saturated rings. The van der Waals surface area contributed by atoms with E-state index in [1.165, 1.54) is 18.3 Å². The molecule has 1 unspecified atom stereocenters. The van der Waals surface area contributed by atoms with Crippen LogP contribution >= 0.6 is 0 Å². The Hall–Kier alpha value is -3.92. The van der Waals surface area contributed by atoms with E-state index >= 15 is 0 Å². The second kappa shape index (κ2) is 11.8. The lowest BCUT2D eigenvalue weighted by Crippen LogP contribution is -2.52. The van der Waals surface area contributed by atoms with Crippen molar-refractivity contribution in [1.29, 1.82) is 0 Å². The molecule has 0 radical (unpaired) electrons. The van der Waals surface area contributed by atoms with Gasteiger partial charge in [0.05, 0.1) is 12.3 Å².